The molecule has 0 bridgehead atoms. The lowest BCUT2D eigenvalue weighted by Crippen LogP contribution is -2.44. The van der Waals surface area contributed by atoms with E-state index in [4.69, 9.17) is 20.8 Å². The number of nitrogens with one attached hydrogen (secondary N) is 2. The molecule has 1 fully saturated rings. The highest BCUT2D eigenvalue weighted by Crippen LogP contribution is 2.28. The molecule has 1 aliphatic heterocycles. The average molecular weight is 574 g/mol. The molecule has 0 aliphatic carbocycles. The fourth-order valence-electron chi connectivity index (χ4n) is 4.12. The lowest BCUT2D eigenvalue weighted by atomic mass is 10.1. The highest BCUT2D eigenvalue weighted by molar-refractivity contribution is 7.89. The van der Waals surface area contributed by atoms with Gasteiger partial charge in [-0.15, -0.1) is 0 Å². The summed E-state index contributed by atoms with van der Waals surface area (Å²) in [5, 5.41) is 5.20. The van der Waals surface area contributed by atoms with Crippen LogP contribution in [0.3, 0.4) is 0 Å². The van der Waals surface area contributed by atoms with Crippen molar-refractivity contribution < 1.29 is 32.0 Å². The van der Waals surface area contributed by atoms with Crippen molar-refractivity contribution in [1.29, 1.82) is 0 Å². The van der Waals surface area contributed by atoms with Crippen molar-refractivity contribution >= 4 is 45.1 Å². The maximum Gasteiger partial charge on any atom is 0.329 e. The van der Waals surface area contributed by atoms with Crippen LogP contribution in [0.1, 0.15) is 35.4 Å². The SMILES string of the molecule is O=C(COC(=O)C(Cc1ccccc1)NC(=O)c1ccco1)Nc1cc(S(=O)(=O)N2CCCCC2)ccc1Cl. The second-order valence-corrected chi connectivity index (χ2v) is 11.3. The van der Waals surface area contributed by atoms with E-state index in [0.717, 1.165) is 24.8 Å². The van der Waals surface area contributed by atoms with Gasteiger partial charge < -0.3 is 19.8 Å². The van der Waals surface area contributed by atoms with E-state index in [9.17, 15) is 22.8 Å². The van der Waals surface area contributed by atoms with E-state index in [2.05, 4.69) is 10.6 Å². The lowest BCUT2D eigenvalue weighted by Gasteiger charge is -2.26. The number of esters is 1. The number of hydrogen-bond acceptors (Lipinski definition) is 7. The van der Waals surface area contributed by atoms with Gasteiger partial charge in [0.05, 0.1) is 21.9 Å². The molecule has 2 heterocycles. The summed E-state index contributed by atoms with van der Waals surface area (Å²) in [4.78, 5) is 38.0. The van der Waals surface area contributed by atoms with Crippen molar-refractivity contribution in [3.05, 3.63) is 83.3 Å². The van der Waals surface area contributed by atoms with Crippen molar-refractivity contribution in [1.82, 2.24) is 9.62 Å². The zero-order chi connectivity index (χ0) is 27.8. The Morgan fingerprint density at radius 2 is 1.74 bits per heavy atom. The number of amides is 2. The Morgan fingerprint density at radius 3 is 2.44 bits per heavy atom. The molecule has 3 aromatic rings. The maximum atomic E-state index is 13.0. The molecule has 0 saturated carbocycles. The number of carbonyl (C=O) groups is 3. The van der Waals surface area contributed by atoms with Crippen molar-refractivity contribution in [2.45, 2.75) is 36.6 Å². The van der Waals surface area contributed by atoms with Gasteiger partial charge in [-0.1, -0.05) is 48.4 Å². The first-order valence-corrected chi connectivity index (χ1v) is 14.2. The summed E-state index contributed by atoms with van der Waals surface area (Å²) in [6, 6.07) is 15.0. The first kappa shape index (κ1) is 28.3. The number of anilines is 1. The molecule has 10 nitrogen and oxygen atoms in total. The fraction of sp³-hybridized carbons (Fsp3) is 0.296. The monoisotopic (exact) mass is 573 g/mol. The fourth-order valence-corrected chi connectivity index (χ4v) is 5.83. The second kappa shape index (κ2) is 12.9. The number of hydrogen-bond donors (Lipinski definition) is 2. The van der Waals surface area contributed by atoms with Gasteiger partial charge in [0.25, 0.3) is 11.8 Å². The van der Waals surface area contributed by atoms with Crippen LogP contribution in [0.2, 0.25) is 5.02 Å². The minimum Gasteiger partial charge on any atom is -0.459 e. The number of piperidine rings is 1. The Labute approximate surface area is 231 Å². The number of ether oxygens (including phenoxy) is 1. The van der Waals surface area contributed by atoms with Crippen LogP contribution in [0.25, 0.3) is 0 Å². The summed E-state index contributed by atoms with van der Waals surface area (Å²) in [6.45, 7) is 0.187. The number of rotatable bonds is 10. The zero-order valence-electron chi connectivity index (χ0n) is 21.0. The van der Waals surface area contributed by atoms with Gasteiger partial charge in [0.15, 0.2) is 12.4 Å². The van der Waals surface area contributed by atoms with Crippen molar-refractivity contribution in [3.63, 3.8) is 0 Å². The first-order chi connectivity index (χ1) is 18.7. The van der Waals surface area contributed by atoms with Gasteiger partial charge >= 0.3 is 5.97 Å². The summed E-state index contributed by atoms with van der Waals surface area (Å²) < 4.78 is 37.7. The molecule has 1 saturated heterocycles. The highest BCUT2D eigenvalue weighted by Gasteiger charge is 2.28. The molecular formula is C27H28ClN3O7S. The number of carbonyl (C=O) groups excluding carboxylic acids is 3. The van der Waals surface area contributed by atoms with Crippen LogP contribution < -0.4 is 10.6 Å². The molecule has 0 radical (unpaired) electrons. The summed E-state index contributed by atoms with van der Waals surface area (Å²) in [7, 11) is -3.74. The average Bonchev–Trinajstić information content (AvgIpc) is 3.49. The smallest absolute Gasteiger partial charge is 0.329 e. The summed E-state index contributed by atoms with van der Waals surface area (Å²) >= 11 is 6.20. The molecule has 2 amide bonds. The van der Waals surface area contributed by atoms with E-state index in [1.165, 1.54) is 34.8 Å². The van der Waals surface area contributed by atoms with Gasteiger partial charge in [-0.05, 0) is 48.7 Å². The molecule has 206 valence electrons. The normalized spacial score (nSPS) is 14.8. The number of benzene rings is 2. The zero-order valence-corrected chi connectivity index (χ0v) is 22.5. The number of nitrogens with zero attached hydrogens (tertiary/aromatic N) is 1. The third-order valence-corrected chi connectivity index (χ3v) is 8.35. The molecular weight excluding hydrogens is 546 g/mol. The van der Waals surface area contributed by atoms with Crippen LogP contribution >= 0.6 is 11.6 Å². The van der Waals surface area contributed by atoms with Crippen LogP contribution in [-0.4, -0.2) is 56.2 Å². The van der Waals surface area contributed by atoms with E-state index in [0.29, 0.717) is 13.1 Å². The Balaban J connectivity index is 1.40. The van der Waals surface area contributed by atoms with Crippen molar-refractivity contribution in [2.75, 3.05) is 25.0 Å². The molecule has 12 heteroatoms. The lowest BCUT2D eigenvalue weighted by molar-refractivity contribution is -0.149. The predicted molar refractivity (Wildman–Crippen MR) is 144 cm³/mol. The minimum absolute atomic E-state index is 0.00431. The summed E-state index contributed by atoms with van der Waals surface area (Å²) in [6.07, 6.45) is 4.01. The Kier molecular flexibility index (Phi) is 9.39. The van der Waals surface area contributed by atoms with Crippen LogP contribution in [0.15, 0.2) is 76.2 Å². The molecule has 2 N–H and O–H groups in total. The molecule has 1 unspecified atom stereocenters. The Morgan fingerprint density at radius 1 is 1.00 bits per heavy atom. The van der Waals surface area contributed by atoms with Gasteiger partial charge in [-0.25, -0.2) is 13.2 Å². The third kappa shape index (κ3) is 7.47. The molecule has 39 heavy (non-hydrogen) atoms. The minimum atomic E-state index is -3.74. The van der Waals surface area contributed by atoms with E-state index in [1.807, 2.05) is 6.07 Å². The van der Waals surface area contributed by atoms with Crippen LogP contribution in [0.4, 0.5) is 5.69 Å². The van der Waals surface area contributed by atoms with Crippen LogP contribution in [0.5, 0.6) is 0 Å². The van der Waals surface area contributed by atoms with Crippen molar-refractivity contribution in [2.24, 2.45) is 0 Å². The number of halogens is 1. The number of sulfonamides is 1. The van der Waals surface area contributed by atoms with E-state index in [1.54, 1.807) is 30.3 Å². The topological polar surface area (TPSA) is 135 Å². The van der Waals surface area contributed by atoms with Crippen LogP contribution in [0, 0.1) is 0 Å². The summed E-state index contributed by atoms with van der Waals surface area (Å²) in [5.74, 6) is -2.15. The predicted octanol–water partition coefficient (Wildman–Crippen LogP) is 3.63. The van der Waals surface area contributed by atoms with Crippen LogP contribution in [-0.2, 0) is 30.8 Å². The standard InChI is InChI=1S/C27H28ClN3O7S/c28-21-12-11-20(39(35,36)31-13-5-2-6-14-31)17-22(21)29-25(32)18-38-27(34)23(16-19-8-3-1-4-9-19)30-26(33)24-10-7-15-37-24/h1,3-4,7-12,15,17,23H,2,5-6,13-14,16,18H2,(H,29,32)(H,30,33). The molecule has 1 aliphatic rings. The maximum absolute atomic E-state index is 13.0. The highest BCUT2D eigenvalue weighted by atomic mass is 35.5. The van der Waals surface area contributed by atoms with E-state index in [-0.39, 0.29) is 27.8 Å². The molecule has 1 atom stereocenters. The van der Waals surface area contributed by atoms with E-state index >= 15 is 0 Å². The molecule has 1 aromatic heterocycles. The van der Waals surface area contributed by atoms with Gasteiger partial charge in [-0.3, -0.25) is 9.59 Å². The van der Waals surface area contributed by atoms with Gasteiger partial charge in [0.2, 0.25) is 10.0 Å². The van der Waals surface area contributed by atoms with E-state index < -0.39 is 40.5 Å². The Hall–Kier alpha value is -3.67. The summed E-state index contributed by atoms with van der Waals surface area (Å²) in [5.41, 5.74) is 0.838. The number of furan rings is 1. The quantitative estimate of drug-likeness (QED) is 0.354. The first-order valence-electron chi connectivity index (χ1n) is 12.4. The third-order valence-electron chi connectivity index (χ3n) is 6.13. The largest absolute Gasteiger partial charge is 0.459 e. The van der Waals surface area contributed by atoms with Gasteiger partial charge in [0, 0.05) is 19.5 Å². The molecule has 4 rings (SSSR count). The van der Waals surface area contributed by atoms with Gasteiger partial charge in [0.1, 0.15) is 6.04 Å². The van der Waals surface area contributed by atoms with Gasteiger partial charge in [-0.2, -0.15) is 4.31 Å². The Bertz CT molecular complexity index is 1410. The molecule has 2 aromatic carbocycles. The second-order valence-electron chi connectivity index (χ2n) is 8.96. The van der Waals surface area contributed by atoms with Crippen molar-refractivity contribution in [3.8, 4) is 0 Å². The molecule has 0 spiro atoms.